The van der Waals surface area contributed by atoms with Crippen molar-refractivity contribution in [1.29, 1.82) is 0 Å². The highest BCUT2D eigenvalue weighted by atomic mass is 16.2. The number of aromatic amines is 1. The Balaban J connectivity index is 2.50. The van der Waals surface area contributed by atoms with E-state index in [1.54, 1.807) is 0 Å². The molecule has 0 spiro atoms. The SMILES string of the molecule is CCCC(CCCC(C)(C)C)NC(=O)c1[nH]ncc1N. The van der Waals surface area contributed by atoms with Crippen LogP contribution in [0.5, 0.6) is 0 Å². The zero-order chi connectivity index (χ0) is 15.2. The highest BCUT2D eigenvalue weighted by molar-refractivity contribution is 5.97. The molecule has 0 radical (unpaired) electrons. The van der Waals surface area contributed by atoms with Crippen LogP contribution in [0.1, 0.15) is 70.3 Å². The lowest BCUT2D eigenvalue weighted by atomic mass is 9.88. The van der Waals surface area contributed by atoms with E-state index in [-0.39, 0.29) is 11.9 Å². The van der Waals surface area contributed by atoms with Crippen molar-refractivity contribution in [2.75, 3.05) is 5.73 Å². The lowest BCUT2D eigenvalue weighted by Gasteiger charge is -2.22. The van der Waals surface area contributed by atoms with Gasteiger partial charge in [-0.1, -0.05) is 40.5 Å². The third-order valence-corrected chi connectivity index (χ3v) is 3.35. The Morgan fingerprint density at radius 3 is 2.65 bits per heavy atom. The molecule has 0 fully saturated rings. The Bertz CT molecular complexity index is 420. The normalized spacial score (nSPS) is 13.2. The van der Waals surface area contributed by atoms with Gasteiger partial charge >= 0.3 is 0 Å². The van der Waals surface area contributed by atoms with E-state index >= 15 is 0 Å². The first-order valence-electron chi connectivity index (χ1n) is 7.43. The molecule has 1 atom stereocenters. The molecule has 1 unspecified atom stereocenters. The fourth-order valence-electron chi connectivity index (χ4n) is 2.25. The third kappa shape index (κ3) is 5.63. The highest BCUT2D eigenvalue weighted by Crippen LogP contribution is 2.22. The average molecular weight is 280 g/mol. The molecular formula is C15H28N4O. The number of aromatic nitrogens is 2. The summed E-state index contributed by atoms with van der Waals surface area (Å²) in [5, 5.41) is 9.48. The summed E-state index contributed by atoms with van der Waals surface area (Å²) in [7, 11) is 0. The summed E-state index contributed by atoms with van der Waals surface area (Å²) in [6.45, 7) is 8.86. The van der Waals surface area contributed by atoms with Crippen LogP contribution in [0.4, 0.5) is 5.69 Å². The number of nitrogens with two attached hydrogens (primary N) is 1. The van der Waals surface area contributed by atoms with Crippen molar-refractivity contribution in [3.63, 3.8) is 0 Å². The van der Waals surface area contributed by atoms with Gasteiger partial charge in [-0.3, -0.25) is 9.89 Å². The quantitative estimate of drug-likeness (QED) is 0.717. The lowest BCUT2D eigenvalue weighted by Crippen LogP contribution is -2.35. The van der Waals surface area contributed by atoms with Crippen LogP contribution in [0, 0.1) is 5.41 Å². The van der Waals surface area contributed by atoms with Gasteiger partial charge in [0.2, 0.25) is 0 Å². The number of nitrogen functional groups attached to an aromatic ring is 1. The lowest BCUT2D eigenvalue weighted by molar-refractivity contribution is 0.0927. The second kappa shape index (κ2) is 7.31. The number of anilines is 1. The molecule has 1 heterocycles. The average Bonchev–Trinajstić information content (AvgIpc) is 2.74. The number of carbonyl (C=O) groups excluding carboxylic acids is 1. The monoisotopic (exact) mass is 280 g/mol. The van der Waals surface area contributed by atoms with Gasteiger partial charge in [-0.25, -0.2) is 0 Å². The molecule has 0 aliphatic heterocycles. The molecule has 1 aromatic heterocycles. The number of nitrogens with one attached hydrogen (secondary N) is 2. The van der Waals surface area contributed by atoms with Crippen LogP contribution in [-0.4, -0.2) is 22.1 Å². The smallest absolute Gasteiger partial charge is 0.271 e. The van der Waals surface area contributed by atoms with Crippen LogP contribution in [0.15, 0.2) is 6.20 Å². The van der Waals surface area contributed by atoms with Crippen LogP contribution in [0.3, 0.4) is 0 Å². The Labute approximate surface area is 121 Å². The summed E-state index contributed by atoms with van der Waals surface area (Å²) >= 11 is 0. The molecule has 1 rings (SSSR count). The maximum absolute atomic E-state index is 12.1. The van der Waals surface area contributed by atoms with Crippen LogP contribution < -0.4 is 11.1 Å². The van der Waals surface area contributed by atoms with E-state index in [2.05, 4.69) is 43.2 Å². The Morgan fingerprint density at radius 1 is 1.45 bits per heavy atom. The number of nitrogens with zero attached hydrogens (tertiary/aromatic N) is 1. The van der Waals surface area contributed by atoms with Crippen molar-refractivity contribution in [1.82, 2.24) is 15.5 Å². The molecular weight excluding hydrogens is 252 g/mol. The molecule has 5 nitrogen and oxygen atoms in total. The van der Waals surface area contributed by atoms with Crippen molar-refractivity contribution in [2.45, 2.75) is 65.8 Å². The van der Waals surface area contributed by atoms with E-state index in [9.17, 15) is 4.79 Å². The Kier molecular flexibility index (Phi) is 6.05. The largest absolute Gasteiger partial charge is 0.396 e. The molecule has 5 heteroatoms. The van der Waals surface area contributed by atoms with E-state index in [0.717, 1.165) is 32.1 Å². The zero-order valence-corrected chi connectivity index (χ0v) is 13.1. The summed E-state index contributed by atoms with van der Waals surface area (Å²) in [6, 6.07) is 0.206. The van der Waals surface area contributed by atoms with Crippen LogP contribution in [0.25, 0.3) is 0 Å². The van der Waals surface area contributed by atoms with Gasteiger partial charge in [0.1, 0.15) is 5.69 Å². The van der Waals surface area contributed by atoms with E-state index in [0.29, 0.717) is 16.8 Å². The second-order valence-corrected chi connectivity index (χ2v) is 6.61. The van der Waals surface area contributed by atoms with Gasteiger partial charge in [-0.2, -0.15) is 5.10 Å². The minimum absolute atomic E-state index is 0.158. The Morgan fingerprint density at radius 2 is 2.15 bits per heavy atom. The first-order valence-corrected chi connectivity index (χ1v) is 7.43. The molecule has 4 N–H and O–H groups in total. The van der Waals surface area contributed by atoms with Gasteiger partial charge in [0, 0.05) is 6.04 Å². The summed E-state index contributed by atoms with van der Waals surface area (Å²) < 4.78 is 0. The summed E-state index contributed by atoms with van der Waals surface area (Å²) in [6.07, 6.45) is 6.79. The molecule has 0 aromatic carbocycles. The van der Waals surface area contributed by atoms with Crippen molar-refractivity contribution < 1.29 is 4.79 Å². The van der Waals surface area contributed by atoms with Gasteiger partial charge < -0.3 is 11.1 Å². The van der Waals surface area contributed by atoms with Gasteiger partial charge in [-0.05, 0) is 24.7 Å². The van der Waals surface area contributed by atoms with E-state index in [4.69, 9.17) is 5.73 Å². The topological polar surface area (TPSA) is 83.8 Å². The number of rotatable bonds is 7. The summed E-state index contributed by atoms with van der Waals surface area (Å²) in [5.41, 5.74) is 6.79. The maximum atomic E-state index is 12.1. The molecule has 0 aliphatic rings. The number of carbonyl (C=O) groups is 1. The molecule has 1 amide bonds. The standard InChI is InChI=1S/C15H28N4O/c1-5-7-11(8-6-9-15(2,3)4)18-14(20)13-12(16)10-17-19-13/h10-11H,5-9,16H2,1-4H3,(H,17,19)(H,18,20). The first kappa shape index (κ1) is 16.5. The van der Waals surface area contributed by atoms with Gasteiger partial charge in [0.25, 0.3) is 5.91 Å². The van der Waals surface area contributed by atoms with Crippen molar-refractivity contribution in [3.05, 3.63) is 11.9 Å². The predicted molar refractivity (Wildman–Crippen MR) is 82.5 cm³/mol. The molecule has 0 saturated carbocycles. The van der Waals surface area contributed by atoms with Crippen molar-refractivity contribution >= 4 is 11.6 Å². The minimum atomic E-state index is -0.158. The summed E-state index contributed by atoms with van der Waals surface area (Å²) in [4.78, 5) is 12.1. The molecule has 0 saturated heterocycles. The van der Waals surface area contributed by atoms with Crippen molar-refractivity contribution in [2.24, 2.45) is 5.41 Å². The van der Waals surface area contributed by atoms with E-state index < -0.39 is 0 Å². The molecule has 0 aliphatic carbocycles. The van der Waals surface area contributed by atoms with Gasteiger partial charge in [0.05, 0.1) is 11.9 Å². The van der Waals surface area contributed by atoms with Gasteiger partial charge in [0.15, 0.2) is 0 Å². The molecule has 20 heavy (non-hydrogen) atoms. The van der Waals surface area contributed by atoms with E-state index in [1.165, 1.54) is 6.20 Å². The minimum Gasteiger partial charge on any atom is -0.396 e. The first-order chi connectivity index (χ1) is 9.33. The number of hydrogen-bond donors (Lipinski definition) is 3. The summed E-state index contributed by atoms with van der Waals surface area (Å²) in [5.74, 6) is -0.158. The van der Waals surface area contributed by atoms with Gasteiger partial charge in [-0.15, -0.1) is 0 Å². The zero-order valence-electron chi connectivity index (χ0n) is 13.1. The molecule has 0 bridgehead atoms. The maximum Gasteiger partial charge on any atom is 0.271 e. The molecule has 1 aromatic rings. The number of H-pyrrole nitrogens is 1. The molecule has 114 valence electrons. The van der Waals surface area contributed by atoms with Crippen molar-refractivity contribution in [3.8, 4) is 0 Å². The number of hydrogen-bond acceptors (Lipinski definition) is 3. The third-order valence-electron chi connectivity index (χ3n) is 3.35. The highest BCUT2D eigenvalue weighted by Gasteiger charge is 2.17. The van der Waals surface area contributed by atoms with Crippen LogP contribution in [0.2, 0.25) is 0 Å². The second-order valence-electron chi connectivity index (χ2n) is 6.61. The number of amides is 1. The Hall–Kier alpha value is -1.52. The predicted octanol–water partition coefficient (Wildman–Crippen LogP) is 3.11. The fraction of sp³-hybridized carbons (Fsp3) is 0.733. The van der Waals surface area contributed by atoms with Crippen LogP contribution >= 0.6 is 0 Å². The van der Waals surface area contributed by atoms with Crippen LogP contribution in [-0.2, 0) is 0 Å². The van der Waals surface area contributed by atoms with E-state index in [1.807, 2.05) is 0 Å². The fourth-order valence-corrected chi connectivity index (χ4v) is 2.25.